The third-order valence-corrected chi connectivity index (χ3v) is 4.70. The molecule has 1 saturated heterocycles. The molecule has 9 heteroatoms. The summed E-state index contributed by atoms with van der Waals surface area (Å²) in [6.45, 7) is 7.37. The molecule has 1 amide bonds. The van der Waals surface area contributed by atoms with E-state index in [-0.39, 0.29) is 11.7 Å². The third kappa shape index (κ3) is 6.22. The highest BCUT2D eigenvalue weighted by Crippen LogP contribution is 2.23. The predicted octanol–water partition coefficient (Wildman–Crippen LogP) is 3.46. The van der Waals surface area contributed by atoms with Crippen LogP contribution in [0.15, 0.2) is 30.3 Å². The molecule has 1 fully saturated rings. The Morgan fingerprint density at radius 3 is 2.41 bits per heavy atom. The van der Waals surface area contributed by atoms with Crippen molar-refractivity contribution in [3.8, 4) is 5.75 Å². The van der Waals surface area contributed by atoms with E-state index in [0.717, 1.165) is 17.7 Å². The minimum Gasteiger partial charge on any atom is -0.406 e. The summed E-state index contributed by atoms with van der Waals surface area (Å²) in [5.41, 5.74) is 2.29. The van der Waals surface area contributed by atoms with Crippen LogP contribution in [0.3, 0.4) is 0 Å². The Morgan fingerprint density at radius 2 is 1.83 bits per heavy atom. The van der Waals surface area contributed by atoms with E-state index in [1.165, 1.54) is 12.1 Å². The van der Waals surface area contributed by atoms with Gasteiger partial charge in [0.1, 0.15) is 11.4 Å². The van der Waals surface area contributed by atoms with E-state index in [1.807, 2.05) is 6.07 Å². The highest BCUT2D eigenvalue weighted by Gasteiger charge is 2.31. The van der Waals surface area contributed by atoms with Crippen molar-refractivity contribution in [2.45, 2.75) is 33.2 Å². The molecule has 0 saturated carbocycles. The van der Waals surface area contributed by atoms with Crippen molar-refractivity contribution in [3.05, 3.63) is 47.3 Å². The monoisotopic (exact) mass is 410 g/mol. The fourth-order valence-corrected chi connectivity index (χ4v) is 3.34. The van der Waals surface area contributed by atoms with Crippen LogP contribution in [0, 0.1) is 5.92 Å². The summed E-state index contributed by atoms with van der Waals surface area (Å²) in [6, 6.07) is 7.69. The van der Waals surface area contributed by atoms with Crippen molar-refractivity contribution in [3.63, 3.8) is 0 Å². The van der Waals surface area contributed by atoms with Crippen LogP contribution in [0.5, 0.6) is 5.75 Å². The van der Waals surface area contributed by atoms with Crippen molar-refractivity contribution in [2.24, 2.45) is 5.92 Å². The summed E-state index contributed by atoms with van der Waals surface area (Å²) >= 11 is 0. The molecule has 0 atom stereocenters. The molecule has 1 aliphatic rings. The first-order valence-electron chi connectivity index (χ1n) is 9.60. The Kier molecular flexibility index (Phi) is 6.46. The number of carbonyl (C=O) groups excluding carboxylic acids is 1. The standard InChI is InChI=1S/C20H25F3N4O2/c1-14(2)11-16-12-18(25-24-16)19(28)27-9-7-26(8-10-27)13-15-3-5-17(6-4-15)29-20(21,22)23/h3-6,12,14H,7-11,13H2,1-2H3,(H,24,25). The number of nitrogens with one attached hydrogen (secondary N) is 1. The van der Waals surface area contributed by atoms with Gasteiger partial charge in [-0.15, -0.1) is 13.2 Å². The Balaban J connectivity index is 1.49. The lowest BCUT2D eigenvalue weighted by molar-refractivity contribution is -0.274. The zero-order valence-corrected chi connectivity index (χ0v) is 16.5. The van der Waals surface area contributed by atoms with Gasteiger partial charge in [0, 0.05) is 38.4 Å². The topological polar surface area (TPSA) is 61.5 Å². The number of aromatic amines is 1. The largest absolute Gasteiger partial charge is 0.573 e. The first kappa shape index (κ1) is 21.2. The van der Waals surface area contributed by atoms with E-state index in [1.54, 1.807) is 17.0 Å². The quantitative estimate of drug-likeness (QED) is 0.792. The number of hydrogen-bond acceptors (Lipinski definition) is 4. The number of rotatable bonds is 6. The lowest BCUT2D eigenvalue weighted by Crippen LogP contribution is -2.48. The minimum absolute atomic E-state index is 0.0791. The number of benzene rings is 1. The molecule has 0 aliphatic carbocycles. The molecule has 2 aromatic rings. The second-order valence-electron chi connectivity index (χ2n) is 7.64. The number of amides is 1. The van der Waals surface area contributed by atoms with Crippen molar-refractivity contribution in [1.82, 2.24) is 20.0 Å². The van der Waals surface area contributed by atoms with Crippen LogP contribution >= 0.6 is 0 Å². The van der Waals surface area contributed by atoms with E-state index < -0.39 is 6.36 Å². The fourth-order valence-electron chi connectivity index (χ4n) is 3.34. The number of ether oxygens (including phenoxy) is 1. The summed E-state index contributed by atoms with van der Waals surface area (Å²) in [5.74, 6) is 0.174. The van der Waals surface area contributed by atoms with E-state index >= 15 is 0 Å². The number of nitrogens with zero attached hydrogens (tertiary/aromatic N) is 3. The zero-order chi connectivity index (χ0) is 21.0. The maximum Gasteiger partial charge on any atom is 0.573 e. The van der Waals surface area contributed by atoms with E-state index in [2.05, 4.69) is 33.7 Å². The molecule has 2 heterocycles. The Hall–Kier alpha value is -2.55. The van der Waals surface area contributed by atoms with Crippen LogP contribution in [0.4, 0.5) is 13.2 Å². The number of H-pyrrole nitrogens is 1. The molecule has 0 spiro atoms. The summed E-state index contributed by atoms with van der Waals surface area (Å²) in [7, 11) is 0. The molecule has 0 radical (unpaired) electrons. The molecular weight excluding hydrogens is 385 g/mol. The average molecular weight is 410 g/mol. The van der Waals surface area contributed by atoms with Crippen LogP contribution in [-0.4, -0.2) is 58.4 Å². The minimum atomic E-state index is -4.69. The highest BCUT2D eigenvalue weighted by molar-refractivity contribution is 5.92. The molecule has 1 aliphatic heterocycles. The van der Waals surface area contributed by atoms with Gasteiger partial charge in [-0.3, -0.25) is 14.8 Å². The zero-order valence-electron chi connectivity index (χ0n) is 16.5. The molecule has 3 rings (SSSR count). The summed E-state index contributed by atoms with van der Waals surface area (Å²) < 4.78 is 40.6. The van der Waals surface area contributed by atoms with Gasteiger partial charge in [-0.05, 0) is 36.1 Å². The molecule has 1 aromatic heterocycles. The van der Waals surface area contributed by atoms with Crippen LogP contribution < -0.4 is 4.74 Å². The first-order chi connectivity index (χ1) is 13.7. The lowest BCUT2D eigenvalue weighted by Gasteiger charge is -2.34. The molecular formula is C20H25F3N4O2. The van der Waals surface area contributed by atoms with Crippen LogP contribution in [-0.2, 0) is 13.0 Å². The Labute approximate surface area is 167 Å². The molecule has 0 bridgehead atoms. The van der Waals surface area contributed by atoms with Gasteiger partial charge in [-0.2, -0.15) is 5.10 Å². The molecule has 6 nitrogen and oxygen atoms in total. The van der Waals surface area contributed by atoms with E-state index in [0.29, 0.717) is 44.3 Å². The van der Waals surface area contributed by atoms with Crippen LogP contribution in [0.2, 0.25) is 0 Å². The Morgan fingerprint density at radius 1 is 1.17 bits per heavy atom. The second-order valence-corrected chi connectivity index (χ2v) is 7.64. The molecule has 1 N–H and O–H groups in total. The number of carbonyl (C=O) groups is 1. The van der Waals surface area contributed by atoms with E-state index in [4.69, 9.17) is 0 Å². The average Bonchev–Trinajstić information content (AvgIpc) is 3.10. The molecule has 0 unspecified atom stereocenters. The molecule has 1 aromatic carbocycles. The van der Waals surface area contributed by atoms with Gasteiger partial charge in [-0.1, -0.05) is 26.0 Å². The van der Waals surface area contributed by atoms with Crippen molar-refractivity contribution >= 4 is 5.91 Å². The van der Waals surface area contributed by atoms with Crippen molar-refractivity contribution < 1.29 is 22.7 Å². The highest BCUT2D eigenvalue weighted by atomic mass is 19.4. The van der Waals surface area contributed by atoms with Gasteiger partial charge in [0.25, 0.3) is 5.91 Å². The normalized spacial score (nSPS) is 15.7. The van der Waals surface area contributed by atoms with Gasteiger partial charge in [-0.25, -0.2) is 0 Å². The maximum absolute atomic E-state index is 12.6. The maximum atomic E-state index is 12.6. The van der Waals surface area contributed by atoms with E-state index in [9.17, 15) is 18.0 Å². The van der Waals surface area contributed by atoms with Crippen molar-refractivity contribution in [2.75, 3.05) is 26.2 Å². The summed E-state index contributed by atoms with van der Waals surface area (Å²) in [5, 5.41) is 7.07. The van der Waals surface area contributed by atoms with Crippen LogP contribution in [0.25, 0.3) is 0 Å². The number of piperazine rings is 1. The number of alkyl halides is 3. The molecule has 29 heavy (non-hydrogen) atoms. The number of halogens is 3. The smallest absolute Gasteiger partial charge is 0.406 e. The predicted molar refractivity (Wildman–Crippen MR) is 101 cm³/mol. The molecule has 158 valence electrons. The number of hydrogen-bond donors (Lipinski definition) is 1. The second kappa shape index (κ2) is 8.86. The van der Waals surface area contributed by atoms with Gasteiger partial charge in [0.05, 0.1) is 0 Å². The SMILES string of the molecule is CC(C)Cc1cc(C(=O)N2CCN(Cc3ccc(OC(F)(F)F)cc3)CC2)n[nH]1. The first-order valence-corrected chi connectivity index (χ1v) is 9.60. The number of aromatic nitrogens is 2. The lowest BCUT2D eigenvalue weighted by atomic mass is 10.1. The van der Waals surface area contributed by atoms with Gasteiger partial charge < -0.3 is 9.64 Å². The fraction of sp³-hybridized carbons (Fsp3) is 0.500. The third-order valence-electron chi connectivity index (χ3n) is 4.70. The summed E-state index contributed by atoms with van der Waals surface area (Å²) in [4.78, 5) is 16.6. The van der Waals surface area contributed by atoms with Gasteiger partial charge >= 0.3 is 6.36 Å². The Bertz CT molecular complexity index is 810. The van der Waals surface area contributed by atoms with Gasteiger partial charge in [0.2, 0.25) is 0 Å². The van der Waals surface area contributed by atoms with Crippen LogP contribution in [0.1, 0.15) is 35.6 Å². The van der Waals surface area contributed by atoms with Crippen molar-refractivity contribution in [1.29, 1.82) is 0 Å². The van der Waals surface area contributed by atoms with Gasteiger partial charge in [0.15, 0.2) is 0 Å². The summed E-state index contributed by atoms with van der Waals surface area (Å²) in [6.07, 6.45) is -3.84.